The summed E-state index contributed by atoms with van der Waals surface area (Å²) < 4.78 is 49.1. The number of fused-ring (bicyclic) bond motifs is 1. The molecule has 0 aliphatic heterocycles. The highest BCUT2D eigenvalue weighted by Crippen LogP contribution is 2.28. The smallest absolute Gasteiger partial charge is 0.422 e. The van der Waals surface area contributed by atoms with Crippen molar-refractivity contribution in [2.75, 3.05) is 18.5 Å². The number of hydrogen-bond acceptors (Lipinski definition) is 9. The number of aromatic nitrogens is 4. The molecule has 3 aromatic heterocycles. The molecule has 0 spiro atoms. The third kappa shape index (κ3) is 6.43. The number of alkyl halides is 3. The molecule has 1 aromatic carbocycles. The average Bonchev–Trinajstić information content (AvgIpc) is 2.91. The van der Waals surface area contributed by atoms with Crippen LogP contribution in [0.4, 0.5) is 18.9 Å². The monoisotopic (exact) mass is 543 g/mol. The molecule has 1 N–H and O–H groups in total. The standard InChI is InChI=1S/C26H24F3N5O5/c1-3-37-25(36)20-21(31-12-18-10-7-11-30-23(18)38-14-26(27,28)29)19-16(2)32-15-33-22(19)34(24(20)35)39-13-17-8-5-4-6-9-17/h4-11,15,31H,3,12-14H2,1-2H3. The average molecular weight is 544 g/mol. The molecule has 10 nitrogen and oxygen atoms in total. The van der Waals surface area contributed by atoms with E-state index in [2.05, 4.69) is 20.3 Å². The van der Waals surface area contributed by atoms with Gasteiger partial charge < -0.3 is 19.6 Å². The molecule has 4 aromatic rings. The molecule has 204 valence electrons. The van der Waals surface area contributed by atoms with Gasteiger partial charge in [-0.2, -0.15) is 13.2 Å². The number of hydrogen-bond donors (Lipinski definition) is 1. The minimum atomic E-state index is -4.56. The minimum absolute atomic E-state index is 0.00350. The Bertz CT molecular complexity index is 1530. The Hall–Kier alpha value is -4.68. The van der Waals surface area contributed by atoms with Gasteiger partial charge in [-0.15, -0.1) is 4.73 Å². The highest BCUT2D eigenvalue weighted by atomic mass is 19.4. The zero-order chi connectivity index (χ0) is 28.0. The second kappa shape index (κ2) is 11.8. The second-order valence-corrected chi connectivity index (χ2v) is 8.21. The number of rotatable bonds is 10. The van der Waals surface area contributed by atoms with E-state index in [1.54, 1.807) is 13.8 Å². The number of anilines is 1. The molecule has 0 saturated carbocycles. The van der Waals surface area contributed by atoms with Gasteiger partial charge in [0, 0.05) is 18.3 Å². The number of ether oxygens (including phenoxy) is 2. The van der Waals surface area contributed by atoms with Crippen molar-refractivity contribution in [1.29, 1.82) is 0 Å². The van der Waals surface area contributed by atoms with Crippen LogP contribution in [-0.4, -0.2) is 45.0 Å². The van der Waals surface area contributed by atoms with Gasteiger partial charge in [0.25, 0.3) is 0 Å². The van der Waals surface area contributed by atoms with Crippen LogP contribution in [0.5, 0.6) is 5.88 Å². The first-order valence-electron chi connectivity index (χ1n) is 11.8. The summed E-state index contributed by atoms with van der Waals surface area (Å²) in [6, 6.07) is 12.1. The fourth-order valence-corrected chi connectivity index (χ4v) is 3.76. The van der Waals surface area contributed by atoms with Gasteiger partial charge in [-0.1, -0.05) is 36.4 Å². The van der Waals surface area contributed by atoms with E-state index in [-0.39, 0.29) is 53.5 Å². The Morgan fingerprint density at radius 1 is 1.08 bits per heavy atom. The van der Waals surface area contributed by atoms with Gasteiger partial charge in [0.05, 0.1) is 23.4 Å². The highest BCUT2D eigenvalue weighted by Gasteiger charge is 2.30. The molecule has 0 aliphatic carbocycles. The van der Waals surface area contributed by atoms with Crippen molar-refractivity contribution in [2.24, 2.45) is 0 Å². The van der Waals surface area contributed by atoms with Crippen LogP contribution in [0.25, 0.3) is 11.0 Å². The van der Waals surface area contributed by atoms with Crippen LogP contribution in [-0.2, 0) is 17.9 Å². The van der Waals surface area contributed by atoms with E-state index in [1.807, 2.05) is 30.3 Å². The van der Waals surface area contributed by atoms with Crippen molar-refractivity contribution in [3.63, 3.8) is 0 Å². The lowest BCUT2D eigenvalue weighted by Gasteiger charge is -2.19. The van der Waals surface area contributed by atoms with E-state index in [0.717, 1.165) is 10.3 Å². The summed E-state index contributed by atoms with van der Waals surface area (Å²) >= 11 is 0. The van der Waals surface area contributed by atoms with Gasteiger partial charge >= 0.3 is 17.7 Å². The van der Waals surface area contributed by atoms with E-state index in [4.69, 9.17) is 14.3 Å². The minimum Gasteiger partial charge on any atom is -0.468 e. The van der Waals surface area contributed by atoms with Gasteiger partial charge in [-0.3, -0.25) is 4.79 Å². The summed E-state index contributed by atoms with van der Waals surface area (Å²) in [6.45, 7) is 1.55. The Balaban J connectivity index is 1.79. The molecule has 0 aliphatic rings. The molecule has 0 atom stereocenters. The van der Waals surface area contributed by atoms with Crippen molar-refractivity contribution in [2.45, 2.75) is 33.2 Å². The van der Waals surface area contributed by atoms with Crippen molar-refractivity contribution in [1.82, 2.24) is 19.7 Å². The molecule has 0 radical (unpaired) electrons. The van der Waals surface area contributed by atoms with E-state index in [0.29, 0.717) is 5.69 Å². The van der Waals surface area contributed by atoms with E-state index >= 15 is 0 Å². The number of benzene rings is 1. The van der Waals surface area contributed by atoms with Gasteiger partial charge in [-0.25, -0.2) is 19.7 Å². The second-order valence-electron chi connectivity index (χ2n) is 8.21. The molecule has 0 amide bonds. The van der Waals surface area contributed by atoms with Crippen LogP contribution >= 0.6 is 0 Å². The van der Waals surface area contributed by atoms with Gasteiger partial charge in [0.2, 0.25) is 5.88 Å². The molecule has 0 saturated heterocycles. The van der Waals surface area contributed by atoms with Crippen molar-refractivity contribution in [3.8, 4) is 5.88 Å². The van der Waals surface area contributed by atoms with Crippen LogP contribution < -0.4 is 20.5 Å². The van der Waals surface area contributed by atoms with Crippen LogP contribution in [0.3, 0.4) is 0 Å². The first-order valence-corrected chi connectivity index (χ1v) is 11.8. The van der Waals surface area contributed by atoms with Crippen LogP contribution in [0, 0.1) is 6.92 Å². The Labute approximate surface area is 220 Å². The molecule has 4 rings (SSSR count). The fourth-order valence-electron chi connectivity index (χ4n) is 3.76. The Morgan fingerprint density at radius 3 is 2.56 bits per heavy atom. The molecule has 13 heteroatoms. The first kappa shape index (κ1) is 27.4. The summed E-state index contributed by atoms with van der Waals surface area (Å²) in [7, 11) is 0. The zero-order valence-corrected chi connectivity index (χ0v) is 21.0. The lowest BCUT2D eigenvalue weighted by Crippen LogP contribution is -2.34. The molecule has 0 bridgehead atoms. The number of nitrogens with zero attached hydrogens (tertiary/aromatic N) is 4. The number of carbonyl (C=O) groups excluding carboxylic acids is 1. The summed E-state index contributed by atoms with van der Waals surface area (Å²) in [4.78, 5) is 44.7. The predicted molar refractivity (Wildman–Crippen MR) is 134 cm³/mol. The summed E-state index contributed by atoms with van der Waals surface area (Å²) in [5.41, 5.74) is 0.337. The Kier molecular flexibility index (Phi) is 8.27. The molecule has 0 fully saturated rings. The maximum atomic E-state index is 13.6. The first-order chi connectivity index (χ1) is 18.7. The van der Waals surface area contributed by atoms with Crippen LogP contribution in [0.2, 0.25) is 0 Å². The van der Waals surface area contributed by atoms with Gasteiger partial charge in [0.15, 0.2) is 17.8 Å². The van der Waals surface area contributed by atoms with Gasteiger partial charge in [0.1, 0.15) is 12.9 Å². The molecular weight excluding hydrogens is 519 g/mol. The number of carbonyl (C=O) groups is 1. The van der Waals surface area contributed by atoms with Gasteiger partial charge in [-0.05, 0) is 25.5 Å². The summed E-state index contributed by atoms with van der Waals surface area (Å²) in [5, 5.41) is 3.27. The highest BCUT2D eigenvalue weighted by molar-refractivity contribution is 6.04. The number of halogens is 3. The van der Waals surface area contributed by atoms with E-state index in [9.17, 15) is 22.8 Å². The van der Waals surface area contributed by atoms with Crippen molar-refractivity contribution >= 4 is 22.7 Å². The normalized spacial score (nSPS) is 11.3. The predicted octanol–water partition coefficient (Wildman–Crippen LogP) is 3.85. The largest absolute Gasteiger partial charge is 0.468 e. The third-order valence-electron chi connectivity index (χ3n) is 5.47. The van der Waals surface area contributed by atoms with Crippen molar-refractivity contribution in [3.05, 3.63) is 87.7 Å². The van der Waals surface area contributed by atoms with Crippen LogP contribution in [0.1, 0.15) is 34.1 Å². The maximum Gasteiger partial charge on any atom is 0.422 e. The maximum absolute atomic E-state index is 13.6. The molecular formula is C26H24F3N5O5. The molecule has 39 heavy (non-hydrogen) atoms. The Morgan fingerprint density at radius 2 is 1.85 bits per heavy atom. The molecule has 0 unspecified atom stereocenters. The quantitative estimate of drug-likeness (QED) is 0.298. The number of aryl methyl sites for hydroxylation is 1. The SMILES string of the molecule is CCOC(=O)c1c(NCc2cccnc2OCC(F)(F)F)c2c(C)ncnc2n(OCc2ccccc2)c1=O. The number of esters is 1. The van der Waals surface area contributed by atoms with E-state index < -0.39 is 24.3 Å². The molecule has 3 heterocycles. The summed E-state index contributed by atoms with van der Waals surface area (Å²) in [5.74, 6) is -1.18. The summed E-state index contributed by atoms with van der Waals surface area (Å²) in [6.07, 6.45) is -2.02. The third-order valence-corrected chi connectivity index (χ3v) is 5.47. The lowest BCUT2D eigenvalue weighted by molar-refractivity contribution is -0.154. The lowest BCUT2D eigenvalue weighted by atomic mass is 10.1. The number of pyridine rings is 2. The van der Waals surface area contributed by atoms with Crippen molar-refractivity contribution < 1.29 is 32.3 Å². The zero-order valence-electron chi connectivity index (χ0n) is 21.0. The van der Waals surface area contributed by atoms with Crippen LogP contribution in [0.15, 0.2) is 59.8 Å². The fraction of sp³-hybridized carbons (Fsp3) is 0.269. The number of nitrogens with one attached hydrogen (secondary N) is 1. The van der Waals surface area contributed by atoms with E-state index in [1.165, 1.54) is 24.7 Å². The topological polar surface area (TPSA) is 117 Å².